The Hall–Kier alpha value is -1.40. The predicted molar refractivity (Wildman–Crippen MR) is 83.9 cm³/mol. The number of hydrogen-bond donors (Lipinski definition) is 2. The summed E-state index contributed by atoms with van der Waals surface area (Å²) >= 11 is 0. The Morgan fingerprint density at radius 2 is 2.09 bits per heavy atom. The normalized spacial score (nSPS) is 28.2. The summed E-state index contributed by atoms with van der Waals surface area (Å²) in [7, 11) is 2.12. The second-order valence-electron chi connectivity index (χ2n) is 7.08. The number of piperidine rings is 1. The molecule has 2 N–H and O–H groups in total. The van der Waals surface area contributed by atoms with E-state index in [0.29, 0.717) is 5.69 Å². The van der Waals surface area contributed by atoms with Crippen LogP contribution in [0.4, 0.5) is 0 Å². The van der Waals surface area contributed by atoms with E-state index in [-0.39, 0.29) is 23.7 Å². The average Bonchev–Trinajstić information content (AvgIpc) is 2.86. The minimum atomic E-state index is -0.141. The van der Waals surface area contributed by atoms with Crippen molar-refractivity contribution >= 4 is 5.91 Å². The molecule has 2 atom stereocenters. The van der Waals surface area contributed by atoms with Gasteiger partial charge >= 0.3 is 0 Å². The zero-order chi connectivity index (χ0) is 15.9. The zero-order valence-electron chi connectivity index (χ0n) is 13.9. The van der Waals surface area contributed by atoms with E-state index in [1.807, 2.05) is 13.8 Å². The van der Waals surface area contributed by atoms with Crippen molar-refractivity contribution in [1.82, 2.24) is 20.4 Å². The molecule has 0 aromatic carbocycles. The minimum Gasteiger partial charge on any atom is -0.369 e. The third-order valence-corrected chi connectivity index (χ3v) is 4.95. The number of ether oxygens (including phenoxy) is 1. The Kier molecular flexibility index (Phi) is 3.99. The quantitative estimate of drug-likeness (QED) is 0.871. The number of hydrogen-bond acceptors (Lipinski definition) is 4. The Morgan fingerprint density at radius 1 is 1.41 bits per heavy atom. The largest absolute Gasteiger partial charge is 0.369 e. The number of aromatic amines is 1. The smallest absolute Gasteiger partial charge is 0.272 e. The van der Waals surface area contributed by atoms with Gasteiger partial charge in [-0.25, -0.2) is 0 Å². The summed E-state index contributed by atoms with van der Waals surface area (Å²) in [4.78, 5) is 15.0. The molecule has 6 heteroatoms. The number of aromatic nitrogens is 2. The number of nitrogens with one attached hydrogen (secondary N) is 2. The predicted octanol–water partition coefficient (Wildman–Crippen LogP) is 1.65. The van der Waals surface area contributed by atoms with Crippen LogP contribution in [0.5, 0.6) is 0 Å². The number of fused-ring (bicyclic) bond motifs is 1. The van der Waals surface area contributed by atoms with Crippen molar-refractivity contribution in [3.05, 3.63) is 17.0 Å². The number of rotatable bonds is 2. The first-order chi connectivity index (χ1) is 10.4. The van der Waals surface area contributed by atoms with Crippen LogP contribution in [0.15, 0.2) is 0 Å². The maximum atomic E-state index is 12.7. The lowest BCUT2D eigenvalue weighted by Crippen LogP contribution is -2.52. The van der Waals surface area contributed by atoms with Crippen LogP contribution in [0.1, 0.15) is 61.5 Å². The lowest BCUT2D eigenvalue weighted by molar-refractivity contribution is -0.00698. The molecule has 0 aliphatic carbocycles. The van der Waals surface area contributed by atoms with E-state index in [1.165, 1.54) is 0 Å². The fraction of sp³-hybridized carbons (Fsp3) is 0.750. The van der Waals surface area contributed by atoms with Gasteiger partial charge in [0, 0.05) is 30.6 Å². The number of nitrogens with zero attached hydrogens (tertiary/aromatic N) is 2. The fourth-order valence-electron chi connectivity index (χ4n) is 3.43. The summed E-state index contributed by atoms with van der Waals surface area (Å²) in [6.07, 6.45) is 2.76. The highest BCUT2D eigenvalue weighted by Gasteiger charge is 2.34. The highest BCUT2D eigenvalue weighted by Crippen LogP contribution is 2.30. The van der Waals surface area contributed by atoms with E-state index in [2.05, 4.69) is 34.4 Å². The van der Waals surface area contributed by atoms with E-state index in [0.717, 1.165) is 43.6 Å². The molecule has 1 amide bonds. The SMILES string of the molecule is C[C@@H]1Cc2c(C(=O)NC3(C)CCN(C)CC3)n[nH]c2[C@H](C)O1. The molecule has 2 aliphatic heterocycles. The molecule has 0 bridgehead atoms. The molecule has 0 saturated carbocycles. The standard InChI is InChI=1S/C16H26N4O2/c1-10-9-12-13(11(2)22-10)18-19-14(12)15(21)17-16(3)5-7-20(4)8-6-16/h10-11H,5-9H2,1-4H3,(H,17,21)(H,18,19)/t10-,11+/m1/s1. The molecule has 3 heterocycles. The van der Waals surface area contributed by atoms with Crippen LogP contribution in [-0.4, -0.2) is 52.8 Å². The lowest BCUT2D eigenvalue weighted by atomic mass is 9.89. The summed E-state index contributed by atoms with van der Waals surface area (Å²) in [6.45, 7) is 8.18. The van der Waals surface area contributed by atoms with Crippen molar-refractivity contribution in [2.75, 3.05) is 20.1 Å². The van der Waals surface area contributed by atoms with Crippen LogP contribution in [0.25, 0.3) is 0 Å². The average molecular weight is 306 g/mol. The second kappa shape index (κ2) is 5.66. The number of carbonyl (C=O) groups is 1. The van der Waals surface area contributed by atoms with E-state index in [9.17, 15) is 4.79 Å². The van der Waals surface area contributed by atoms with Gasteiger partial charge in [-0.1, -0.05) is 0 Å². The molecule has 0 radical (unpaired) electrons. The highest BCUT2D eigenvalue weighted by atomic mass is 16.5. The maximum Gasteiger partial charge on any atom is 0.272 e. The summed E-state index contributed by atoms with van der Waals surface area (Å²) in [5.74, 6) is -0.0640. The molecule has 1 aromatic heterocycles. The van der Waals surface area contributed by atoms with Crippen LogP contribution in [0.2, 0.25) is 0 Å². The third kappa shape index (κ3) is 2.90. The van der Waals surface area contributed by atoms with Gasteiger partial charge in [-0.3, -0.25) is 9.89 Å². The molecule has 6 nitrogen and oxygen atoms in total. The Morgan fingerprint density at radius 3 is 2.77 bits per heavy atom. The fourth-order valence-corrected chi connectivity index (χ4v) is 3.43. The Balaban J connectivity index is 1.76. The topological polar surface area (TPSA) is 70.2 Å². The van der Waals surface area contributed by atoms with Gasteiger partial charge in [0.05, 0.1) is 17.9 Å². The third-order valence-electron chi connectivity index (χ3n) is 4.95. The van der Waals surface area contributed by atoms with E-state index in [1.54, 1.807) is 0 Å². The van der Waals surface area contributed by atoms with Crippen LogP contribution < -0.4 is 5.32 Å². The highest BCUT2D eigenvalue weighted by molar-refractivity contribution is 5.94. The summed E-state index contributed by atoms with van der Waals surface area (Å²) < 4.78 is 5.78. The molecule has 1 saturated heterocycles. The molecular weight excluding hydrogens is 280 g/mol. The molecule has 0 unspecified atom stereocenters. The van der Waals surface area contributed by atoms with Crippen LogP contribution in [0.3, 0.4) is 0 Å². The van der Waals surface area contributed by atoms with Gasteiger partial charge in [0.25, 0.3) is 5.91 Å². The molecule has 1 fully saturated rings. The molecular formula is C16H26N4O2. The van der Waals surface area contributed by atoms with Gasteiger partial charge < -0.3 is 15.0 Å². The van der Waals surface area contributed by atoms with Crippen molar-refractivity contribution in [3.8, 4) is 0 Å². The van der Waals surface area contributed by atoms with Crippen molar-refractivity contribution in [2.45, 2.75) is 57.8 Å². The lowest BCUT2D eigenvalue weighted by Gasteiger charge is -2.38. The molecule has 0 spiro atoms. The second-order valence-corrected chi connectivity index (χ2v) is 7.08. The molecule has 3 rings (SSSR count). The van der Waals surface area contributed by atoms with Gasteiger partial charge in [-0.15, -0.1) is 0 Å². The van der Waals surface area contributed by atoms with Crippen LogP contribution in [0, 0.1) is 0 Å². The van der Waals surface area contributed by atoms with Crippen LogP contribution >= 0.6 is 0 Å². The van der Waals surface area contributed by atoms with Crippen molar-refractivity contribution < 1.29 is 9.53 Å². The Labute approximate surface area is 131 Å². The van der Waals surface area contributed by atoms with E-state index < -0.39 is 0 Å². The number of amides is 1. The molecule has 122 valence electrons. The van der Waals surface area contributed by atoms with Crippen molar-refractivity contribution in [3.63, 3.8) is 0 Å². The minimum absolute atomic E-state index is 0.0354. The summed E-state index contributed by atoms with van der Waals surface area (Å²) in [6, 6.07) is 0. The Bertz CT molecular complexity index is 560. The molecule has 22 heavy (non-hydrogen) atoms. The first-order valence-corrected chi connectivity index (χ1v) is 8.11. The number of carbonyl (C=O) groups excluding carboxylic acids is 1. The molecule has 1 aromatic rings. The van der Waals surface area contributed by atoms with Gasteiger partial charge in [-0.05, 0) is 40.7 Å². The van der Waals surface area contributed by atoms with E-state index in [4.69, 9.17) is 4.74 Å². The zero-order valence-corrected chi connectivity index (χ0v) is 13.9. The van der Waals surface area contributed by atoms with Gasteiger partial charge in [0.1, 0.15) is 0 Å². The summed E-state index contributed by atoms with van der Waals surface area (Å²) in [5.41, 5.74) is 2.35. The van der Waals surface area contributed by atoms with Crippen LogP contribution in [-0.2, 0) is 11.2 Å². The summed E-state index contributed by atoms with van der Waals surface area (Å²) in [5, 5.41) is 10.5. The van der Waals surface area contributed by atoms with Gasteiger partial charge in [0.15, 0.2) is 5.69 Å². The first kappa shape index (κ1) is 15.5. The van der Waals surface area contributed by atoms with Crippen molar-refractivity contribution in [2.24, 2.45) is 0 Å². The molecule has 2 aliphatic rings. The first-order valence-electron chi connectivity index (χ1n) is 8.11. The maximum absolute atomic E-state index is 12.7. The van der Waals surface area contributed by atoms with E-state index >= 15 is 0 Å². The monoisotopic (exact) mass is 306 g/mol. The number of H-pyrrole nitrogens is 1. The van der Waals surface area contributed by atoms with Gasteiger partial charge in [-0.2, -0.15) is 5.10 Å². The van der Waals surface area contributed by atoms with Crippen molar-refractivity contribution in [1.29, 1.82) is 0 Å². The number of likely N-dealkylation sites (tertiary alicyclic amines) is 1. The van der Waals surface area contributed by atoms with Gasteiger partial charge in [0.2, 0.25) is 0 Å².